The van der Waals surface area contributed by atoms with E-state index in [4.69, 9.17) is 0 Å². The second-order valence-corrected chi connectivity index (χ2v) is 6.14. The molecule has 20 heavy (non-hydrogen) atoms. The van der Waals surface area contributed by atoms with E-state index in [1.807, 2.05) is 0 Å². The number of hydrogen-bond donors (Lipinski definition) is 3. The predicted octanol–water partition coefficient (Wildman–Crippen LogP) is 2.08. The molecule has 0 spiro atoms. The molecule has 0 bridgehead atoms. The van der Waals surface area contributed by atoms with Crippen molar-refractivity contribution in [3.63, 3.8) is 0 Å². The minimum atomic E-state index is -1.44. The van der Waals surface area contributed by atoms with Crippen molar-refractivity contribution in [1.82, 2.24) is 10.6 Å². The second kappa shape index (κ2) is 4.81. The van der Waals surface area contributed by atoms with E-state index in [2.05, 4.69) is 24.5 Å². The lowest BCUT2D eigenvalue weighted by atomic mass is 9.92. The van der Waals surface area contributed by atoms with Crippen LogP contribution in [0, 0.1) is 5.41 Å². The van der Waals surface area contributed by atoms with E-state index in [1.165, 1.54) is 6.92 Å². The number of amides is 2. The van der Waals surface area contributed by atoms with Crippen LogP contribution in [0.1, 0.15) is 32.8 Å². The summed E-state index contributed by atoms with van der Waals surface area (Å²) in [4.78, 5) is 23.5. The lowest BCUT2D eigenvalue weighted by Crippen LogP contribution is -2.53. The first kappa shape index (κ1) is 14.4. The maximum Gasteiger partial charge on any atom is 0.333 e. The highest BCUT2D eigenvalue weighted by atomic mass is 16.4. The highest BCUT2D eigenvalue weighted by molar-refractivity contribution is 5.87. The van der Waals surface area contributed by atoms with Crippen molar-refractivity contribution < 1.29 is 14.7 Å². The first-order valence-electron chi connectivity index (χ1n) is 6.63. The van der Waals surface area contributed by atoms with E-state index in [0.29, 0.717) is 5.56 Å². The van der Waals surface area contributed by atoms with Gasteiger partial charge in [0.15, 0.2) is 5.54 Å². The lowest BCUT2D eigenvalue weighted by Gasteiger charge is -2.27. The van der Waals surface area contributed by atoms with Gasteiger partial charge in [-0.05, 0) is 24.3 Å². The first-order valence-corrected chi connectivity index (χ1v) is 6.63. The van der Waals surface area contributed by atoms with Crippen LogP contribution in [0.5, 0.6) is 0 Å². The van der Waals surface area contributed by atoms with Gasteiger partial charge in [0, 0.05) is 6.04 Å². The van der Waals surface area contributed by atoms with Crippen LogP contribution in [0.25, 0.3) is 0 Å². The first-order chi connectivity index (χ1) is 9.25. The van der Waals surface area contributed by atoms with Crippen molar-refractivity contribution in [3.8, 4) is 0 Å². The Morgan fingerprint density at radius 1 is 1.30 bits per heavy atom. The summed E-state index contributed by atoms with van der Waals surface area (Å²) in [6.45, 7) is 5.61. The van der Waals surface area contributed by atoms with E-state index in [0.717, 1.165) is 6.42 Å². The highest BCUT2D eigenvalue weighted by Gasteiger charge is 2.47. The number of aliphatic carboxylic acids is 1. The standard InChI is InChI=1S/C15H20N2O3/c1-14(2)9-11(14)16-13(20)17-15(3,12(18)19)10-7-5-4-6-8-10/h4-8,11H,9H2,1-3H3,(H,18,19)(H2,16,17,20). The third-order valence-electron chi connectivity index (χ3n) is 3.96. The summed E-state index contributed by atoms with van der Waals surface area (Å²) in [6.07, 6.45) is 0.912. The summed E-state index contributed by atoms with van der Waals surface area (Å²) in [6, 6.07) is 8.34. The van der Waals surface area contributed by atoms with E-state index >= 15 is 0 Å². The highest BCUT2D eigenvalue weighted by Crippen LogP contribution is 2.44. The molecule has 108 valence electrons. The summed E-state index contributed by atoms with van der Waals surface area (Å²) >= 11 is 0. The molecule has 5 heteroatoms. The molecule has 1 aromatic carbocycles. The van der Waals surface area contributed by atoms with Crippen molar-refractivity contribution in [2.24, 2.45) is 5.41 Å². The van der Waals surface area contributed by atoms with Gasteiger partial charge in [0.25, 0.3) is 0 Å². The Morgan fingerprint density at radius 3 is 2.30 bits per heavy atom. The maximum atomic E-state index is 12.0. The number of hydrogen-bond acceptors (Lipinski definition) is 2. The summed E-state index contributed by atoms with van der Waals surface area (Å²) in [5.74, 6) is -1.09. The molecule has 2 unspecified atom stereocenters. The number of carbonyl (C=O) groups is 2. The molecule has 5 nitrogen and oxygen atoms in total. The van der Waals surface area contributed by atoms with Gasteiger partial charge < -0.3 is 15.7 Å². The molecule has 0 aliphatic heterocycles. The Bertz CT molecular complexity index is 527. The largest absolute Gasteiger partial charge is 0.479 e. The van der Waals surface area contributed by atoms with Crippen LogP contribution in [-0.4, -0.2) is 23.1 Å². The van der Waals surface area contributed by atoms with Crippen LogP contribution in [0.4, 0.5) is 4.79 Å². The van der Waals surface area contributed by atoms with Gasteiger partial charge in [-0.2, -0.15) is 0 Å². The molecular formula is C15H20N2O3. The van der Waals surface area contributed by atoms with E-state index in [1.54, 1.807) is 30.3 Å². The zero-order chi connectivity index (χ0) is 15.0. The smallest absolute Gasteiger partial charge is 0.333 e. The third kappa shape index (κ3) is 2.76. The third-order valence-corrected chi connectivity index (χ3v) is 3.96. The SMILES string of the molecule is CC(NC(=O)NC1CC1(C)C)(C(=O)O)c1ccccc1. The Hall–Kier alpha value is -2.04. The Balaban J connectivity index is 2.10. The number of carboxylic acids is 1. The summed E-state index contributed by atoms with van der Waals surface area (Å²) < 4.78 is 0. The number of urea groups is 1. The van der Waals surface area contributed by atoms with Gasteiger partial charge in [0.05, 0.1) is 0 Å². The molecule has 1 fully saturated rings. The topological polar surface area (TPSA) is 78.4 Å². The van der Waals surface area contributed by atoms with Crippen molar-refractivity contribution in [3.05, 3.63) is 35.9 Å². The van der Waals surface area contributed by atoms with Crippen LogP contribution in [0.15, 0.2) is 30.3 Å². The van der Waals surface area contributed by atoms with Crippen molar-refractivity contribution >= 4 is 12.0 Å². The van der Waals surface area contributed by atoms with Crippen LogP contribution >= 0.6 is 0 Å². The molecule has 1 aliphatic rings. The van der Waals surface area contributed by atoms with Gasteiger partial charge >= 0.3 is 12.0 Å². The minimum Gasteiger partial charge on any atom is -0.479 e. The minimum absolute atomic E-state index is 0.101. The molecule has 0 heterocycles. The fraction of sp³-hybridized carbons (Fsp3) is 0.467. The zero-order valence-electron chi connectivity index (χ0n) is 11.9. The summed E-state index contributed by atoms with van der Waals surface area (Å²) in [5.41, 5.74) is -0.800. The summed E-state index contributed by atoms with van der Waals surface area (Å²) in [7, 11) is 0. The normalized spacial score (nSPS) is 22.4. The van der Waals surface area contributed by atoms with E-state index in [9.17, 15) is 14.7 Å². The number of carbonyl (C=O) groups excluding carboxylic acids is 1. The van der Waals surface area contributed by atoms with Crippen LogP contribution in [0.2, 0.25) is 0 Å². The average Bonchev–Trinajstić information content (AvgIpc) is 2.96. The molecule has 3 N–H and O–H groups in total. The molecular weight excluding hydrogens is 256 g/mol. The molecule has 2 amide bonds. The fourth-order valence-electron chi connectivity index (χ4n) is 2.16. The van der Waals surface area contributed by atoms with Crippen LogP contribution in [0.3, 0.4) is 0 Å². The molecule has 1 saturated carbocycles. The van der Waals surface area contributed by atoms with Crippen molar-refractivity contribution in [1.29, 1.82) is 0 Å². The van der Waals surface area contributed by atoms with Gasteiger partial charge in [-0.25, -0.2) is 9.59 Å². The number of rotatable bonds is 4. The molecule has 0 radical (unpaired) electrons. The monoisotopic (exact) mass is 276 g/mol. The quantitative estimate of drug-likeness (QED) is 0.788. The molecule has 0 saturated heterocycles. The molecule has 2 rings (SSSR count). The van der Waals surface area contributed by atoms with Gasteiger partial charge in [0.2, 0.25) is 0 Å². The molecule has 1 aromatic rings. The van der Waals surface area contributed by atoms with Gasteiger partial charge in [-0.1, -0.05) is 44.2 Å². The van der Waals surface area contributed by atoms with E-state index in [-0.39, 0.29) is 11.5 Å². The average molecular weight is 276 g/mol. The predicted molar refractivity (Wildman–Crippen MR) is 75.3 cm³/mol. The van der Waals surface area contributed by atoms with Crippen LogP contribution in [-0.2, 0) is 10.3 Å². The second-order valence-electron chi connectivity index (χ2n) is 6.14. The number of nitrogens with one attached hydrogen (secondary N) is 2. The molecule has 2 atom stereocenters. The van der Waals surface area contributed by atoms with Gasteiger partial charge in [-0.3, -0.25) is 0 Å². The van der Waals surface area contributed by atoms with Crippen molar-refractivity contribution in [2.75, 3.05) is 0 Å². The van der Waals surface area contributed by atoms with Crippen LogP contribution < -0.4 is 10.6 Å². The Kier molecular flexibility index (Phi) is 3.46. The molecule has 0 aromatic heterocycles. The van der Waals surface area contributed by atoms with Gasteiger partial charge in [0.1, 0.15) is 0 Å². The lowest BCUT2D eigenvalue weighted by molar-refractivity contribution is -0.144. The summed E-state index contributed by atoms with van der Waals surface area (Å²) in [5, 5.41) is 14.8. The fourth-order valence-corrected chi connectivity index (χ4v) is 2.16. The number of carboxylic acid groups (broad SMARTS) is 1. The Labute approximate surface area is 118 Å². The maximum absolute atomic E-state index is 12.0. The van der Waals surface area contributed by atoms with Gasteiger partial charge in [-0.15, -0.1) is 0 Å². The number of benzene rings is 1. The zero-order valence-corrected chi connectivity index (χ0v) is 11.9. The molecule has 1 aliphatic carbocycles. The van der Waals surface area contributed by atoms with E-state index < -0.39 is 17.5 Å². The Morgan fingerprint density at radius 2 is 1.85 bits per heavy atom. The van der Waals surface area contributed by atoms with Crippen molar-refractivity contribution in [2.45, 2.75) is 38.8 Å².